The van der Waals surface area contributed by atoms with E-state index in [0.717, 1.165) is 49.5 Å². The first-order valence-electron chi connectivity index (χ1n) is 9.82. The van der Waals surface area contributed by atoms with Crippen LogP contribution in [0.4, 0.5) is 0 Å². The molecule has 1 atom stereocenters. The Kier molecular flexibility index (Phi) is 5.21. The maximum Gasteiger partial charge on any atom is 0.276 e. The molecular weight excluding hydrogens is 358 g/mol. The fraction of sp³-hybridized carbons (Fsp3) is 0.550. The molecular formula is C20H27N5O3. The smallest absolute Gasteiger partial charge is 0.276 e. The lowest BCUT2D eigenvalue weighted by Gasteiger charge is -2.36. The molecule has 0 bridgehead atoms. The zero-order chi connectivity index (χ0) is 19.7. The van der Waals surface area contributed by atoms with Crippen molar-refractivity contribution < 1.29 is 14.3 Å². The minimum atomic E-state index is -0.0344. The number of nitrogens with zero attached hydrogens (tertiary/aromatic N) is 5. The van der Waals surface area contributed by atoms with Crippen LogP contribution in [0.2, 0.25) is 0 Å². The molecule has 1 aromatic heterocycles. The quantitative estimate of drug-likeness (QED) is 0.801. The van der Waals surface area contributed by atoms with Crippen molar-refractivity contribution in [3.63, 3.8) is 0 Å². The predicted molar refractivity (Wildman–Crippen MR) is 104 cm³/mol. The second-order valence-electron chi connectivity index (χ2n) is 7.67. The average Bonchev–Trinajstić information content (AvgIpc) is 3.08. The average molecular weight is 385 g/mol. The van der Waals surface area contributed by atoms with Gasteiger partial charge in [0.2, 0.25) is 0 Å². The molecule has 0 saturated carbocycles. The standard InChI is InChI=1S/C20H27N5O3/c1-14-19(20(26)24-9-5-4-6-16(24)13-23(2)3)21-22-25(14)15-7-8-17-18(12-15)28-11-10-27-17/h7-8,12,16H,4-6,9-11,13H2,1-3H3. The summed E-state index contributed by atoms with van der Waals surface area (Å²) < 4.78 is 12.9. The first kappa shape index (κ1) is 18.7. The van der Waals surface area contributed by atoms with Gasteiger partial charge in [-0.2, -0.15) is 0 Å². The Morgan fingerprint density at radius 1 is 1.21 bits per heavy atom. The van der Waals surface area contributed by atoms with Crippen LogP contribution < -0.4 is 9.47 Å². The van der Waals surface area contributed by atoms with Crippen LogP contribution in [0.3, 0.4) is 0 Å². The van der Waals surface area contributed by atoms with Crippen LogP contribution >= 0.6 is 0 Å². The Morgan fingerprint density at radius 2 is 2.00 bits per heavy atom. The molecule has 4 rings (SSSR count). The number of ether oxygens (including phenoxy) is 2. The fourth-order valence-corrected chi connectivity index (χ4v) is 3.95. The highest BCUT2D eigenvalue weighted by atomic mass is 16.6. The van der Waals surface area contributed by atoms with E-state index in [1.807, 2.05) is 44.1 Å². The van der Waals surface area contributed by atoms with Gasteiger partial charge < -0.3 is 19.3 Å². The molecule has 0 aliphatic carbocycles. The summed E-state index contributed by atoms with van der Waals surface area (Å²) in [6.45, 7) is 4.60. The number of benzene rings is 1. The molecule has 0 N–H and O–H groups in total. The molecule has 1 fully saturated rings. The first-order valence-corrected chi connectivity index (χ1v) is 9.82. The van der Waals surface area contributed by atoms with Gasteiger partial charge in [-0.25, -0.2) is 4.68 Å². The van der Waals surface area contributed by atoms with E-state index in [-0.39, 0.29) is 11.9 Å². The van der Waals surface area contributed by atoms with Gasteiger partial charge in [-0.3, -0.25) is 4.79 Å². The van der Waals surface area contributed by atoms with E-state index in [1.165, 1.54) is 0 Å². The van der Waals surface area contributed by atoms with Crippen molar-refractivity contribution in [1.82, 2.24) is 24.8 Å². The fourth-order valence-electron chi connectivity index (χ4n) is 3.95. The predicted octanol–water partition coefficient (Wildman–Crippen LogP) is 1.90. The van der Waals surface area contributed by atoms with Gasteiger partial charge >= 0.3 is 0 Å². The van der Waals surface area contributed by atoms with Crippen molar-refractivity contribution in [3.05, 3.63) is 29.6 Å². The second kappa shape index (κ2) is 7.79. The largest absolute Gasteiger partial charge is 0.486 e. The van der Waals surface area contributed by atoms with Crippen molar-refractivity contribution in [2.45, 2.75) is 32.2 Å². The number of hydrogen-bond donors (Lipinski definition) is 0. The number of amides is 1. The lowest BCUT2D eigenvalue weighted by molar-refractivity contribution is 0.0568. The van der Waals surface area contributed by atoms with Gasteiger partial charge in [-0.15, -0.1) is 5.10 Å². The summed E-state index contributed by atoms with van der Waals surface area (Å²) in [5.74, 6) is 1.38. The molecule has 8 heteroatoms. The van der Waals surface area contributed by atoms with Crippen molar-refractivity contribution >= 4 is 5.91 Å². The zero-order valence-electron chi connectivity index (χ0n) is 16.7. The van der Waals surface area contributed by atoms with Gasteiger partial charge in [-0.05, 0) is 52.4 Å². The van der Waals surface area contributed by atoms with Crippen LogP contribution in [0, 0.1) is 6.92 Å². The van der Waals surface area contributed by atoms with Crippen LogP contribution in [0.5, 0.6) is 11.5 Å². The molecule has 1 amide bonds. The van der Waals surface area contributed by atoms with Gasteiger partial charge in [0.25, 0.3) is 5.91 Å². The summed E-state index contributed by atoms with van der Waals surface area (Å²) >= 11 is 0. The van der Waals surface area contributed by atoms with Crippen LogP contribution in [-0.4, -0.2) is 77.1 Å². The molecule has 150 valence electrons. The Hall–Kier alpha value is -2.61. The highest BCUT2D eigenvalue weighted by molar-refractivity contribution is 5.93. The summed E-state index contributed by atoms with van der Waals surface area (Å²) in [5.41, 5.74) is 1.95. The van der Waals surface area contributed by atoms with Crippen LogP contribution in [0.25, 0.3) is 5.69 Å². The van der Waals surface area contributed by atoms with Gasteiger partial charge in [0.05, 0.1) is 11.4 Å². The number of piperidine rings is 1. The van der Waals surface area contributed by atoms with Crippen molar-refractivity contribution in [2.75, 3.05) is 40.4 Å². The molecule has 2 aliphatic rings. The van der Waals surface area contributed by atoms with E-state index in [0.29, 0.717) is 24.7 Å². The molecule has 28 heavy (non-hydrogen) atoms. The van der Waals surface area contributed by atoms with E-state index in [1.54, 1.807) is 4.68 Å². The number of likely N-dealkylation sites (tertiary alicyclic amines) is 1. The molecule has 3 heterocycles. The second-order valence-corrected chi connectivity index (χ2v) is 7.67. The van der Waals surface area contributed by atoms with Crippen LogP contribution in [0.15, 0.2) is 18.2 Å². The molecule has 0 radical (unpaired) electrons. The molecule has 2 aromatic rings. The van der Waals surface area contributed by atoms with Crippen LogP contribution in [-0.2, 0) is 0 Å². The Morgan fingerprint density at radius 3 is 2.79 bits per heavy atom. The van der Waals surface area contributed by atoms with E-state index in [2.05, 4.69) is 15.2 Å². The number of carbonyl (C=O) groups excluding carboxylic acids is 1. The molecule has 2 aliphatic heterocycles. The minimum Gasteiger partial charge on any atom is -0.486 e. The number of likely N-dealkylation sites (N-methyl/N-ethyl adjacent to an activating group) is 1. The lowest BCUT2D eigenvalue weighted by atomic mass is 10.0. The van der Waals surface area contributed by atoms with Gasteiger partial charge in [0.15, 0.2) is 17.2 Å². The normalized spacial score (nSPS) is 19.1. The summed E-state index contributed by atoms with van der Waals surface area (Å²) in [6.07, 6.45) is 3.22. The number of fused-ring (bicyclic) bond motifs is 1. The third-order valence-electron chi connectivity index (χ3n) is 5.33. The van der Waals surface area contributed by atoms with E-state index >= 15 is 0 Å². The van der Waals surface area contributed by atoms with Crippen LogP contribution in [0.1, 0.15) is 35.4 Å². The molecule has 1 aromatic carbocycles. The third kappa shape index (κ3) is 3.56. The van der Waals surface area contributed by atoms with Gasteiger partial charge in [0.1, 0.15) is 13.2 Å². The van der Waals surface area contributed by atoms with Crippen molar-refractivity contribution in [1.29, 1.82) is 0 Å². The van der Waals surface area contributed by atoms with Gasteiger partial charge in [-0.1, -0.05) is 5.21 Å². The number of carbonyl (C=O) groups is 1. The lowest BCUT2D eigenvalue weighted by Crippen LogP contribution is -2.48. The Balaban J connectivity index is 1.60. The summed E-state index contributed by atoms with van der Waals surface area (Å²) in [5, 5.41) is 8.48. The SMILES string of the molecule is Cc1c(C(=O)N2CCCCC2CN(C)C)nnn1-c1ccc2c(c1)OCCO2. The maximum atomic E-state index is 13.2. The highest BCUT2D eigenvalue weighted by Gasteiger charge is 2.31. The van der Waals surface area contributed by atoms with Crippen molar-refractivity contribution in [3.8, 4) is 17.2 Å². The van der Waals surface area contributed by atoms with E-state index in [9.17, 15) is 4.79 Å². The highest BCUT2D eigenvalue weighted by Crippen LogP contribution is 2.32. The topological polar surface area (TPSA) is 72.7 Å². The summed E-state index contributed by atoms with van der Waals surface area (Å²) in [6, 6.07) is 5.86. The minimum absolute atomic E-state index is 0.0344. The zero-order valence-corrected chi connectivity index (χ0v) is 16.7. The molecule has 0 spiro atoms. The number of rotatable bonds is 4. The number of hydrogen-bond acceptors (Lipinski definition) is 6. The summed E-state index contributed by atoms with van der Waals surface area (Å²) in [4.78, 5) is 17.3. The van der Waals surface area contributed by atoms with E-state index < -0.39 is 0 Å². The van der Waals surface area contributed by atoms with Crippen molar-refractivity contribution in [2.24, 2.45) is 0 Å². The monoisotopic (exact) mass is 385 g/mol. The Bertz CT molecular complexity index is 864. The van der Waals surface area contributed by atoms with E-state index in [4.69, 9.17) is 9.47 Å². The summed E-state index contributed by atoms with van der Waals surface area (Å²) in [7, 11) is 4.08. The molecule has 1 unspecified atom stereocenters. The first-order chi connectivity index (χ1) is 13.5. The molecule has 1 saturated heterocycles. The molecule has 8 nitrogen and oxygen atoms in total. The van der Waals surface area contributed by atoms with Gasteiger partial charge in [0, 0.05) is 25.2 Å². The number of aromatic nitrogens is 3. The maximum absolute atomic E-state index is 13.2. The Labute approximate surface area is 165 Å². The third-order valence-corrected chi connectivity index (χ3v) is 5.33.